The van der Waals surface area contributed by atoms with Crippen molar-refractivity contribution in [2.24, 2.45) is 0 Å². The lowest BCUT2D eigenvalue weighted by molar-refractivity contribution is 0.101. The topological polar surface area (TPSA) is 159 Å². The standard InChI is InChI=1S/C38H32N6O6S4/c45-35(27-9-13-31(14-10-27)53(47,48)43-19-17-25-5-1-3-7-29(25)21-43)41-37-39-33(23-51-37)34-24-52-38(40-34)42-36(46)28-11-15-32(16-12-28)54(49,50)44-20-18-26-6-2-4-8-30(26)22-44/h1-16,23-24H,17-22H2,(H,39,41,45)(H,40,42,46). The number of rotatable bonds is 9. The number of hydrogen-bond donors (Lipinski definition) is 2. The van der Waals surface area contributed by atoms with Gasteiger partial charge in [-0.05, 0) is 83.6 Å². The van der Waals surface area contributed by atoms with Gasteiger partial charge < -0.3 is 0 Å². The van der Waals surface area contributed by atoms with Crippen molar-refractivity contribution in [3.05, 3.63) is 141 Å². The average molecular weight is 797 g/mol. The van der Waals surface area contributed by atoms with Crippen molar-refractivity contribution in [1.82, 2.24) is 18.6 Å². The molecule has 54 heavy (non-hydrogen) atoms. The van der Waals surface area contributed by atoms with Gasteiger partial charge >= 0.3 is 0 Å². The van der Waals surface area contributed by atoms with E-state index in [9.17, 15) is 26.4 Å². The normalized spacial score (nSPS) is 14.9. The van der Waals surface area contributed by atoms with Crippen LogP contribution in [0.15, 0.2) is 118 Å². The van der Waals surface area contributed by atoms with Crippen molar-refractivity contribution < 1.29 is 26.4 Å². The van der Waals surface area contributed by atoms with Gasteiger partial charge in [0, 0.05) is 48.1 Å². The summed E-state index contributed by atoms with van der Waals surface area (Å²) in [4.78, 5) is 35.2. The van der Waals surface area contributed by atoms with Crippen LogP contribution in [0.2, 0.25) is 0 Å². The fraction of sp³-hybridized carbons (Fsp3) is 0.158. The van der Waals surface area contributed by atoms with Gasteiger partial charge in [0.1, 0.15) is 11.4 Å². The minimum Gasteiger partial charge on any atom is -0.298 e. The van der Waals surface area contributed by atoms with Crippen LogP contribution >= 0.6 is 22.7 Å². The number of nitrogens with zero attached hydrogens (tertiary/aromatic N) is 4. The quantitative estimate of drug-likeness (QED) is 0.174. The zero-order valence-electron chi connectivity index (χ0n) is 28.5. The van der Waals surface area contributed by atoms with E-state index in [4.69, 9.17) is 0 Å². The molecule has 0 saturated heterocycles. The van der Waals surface area contributed by atoms with Gasteiger partial charge in [0.2, 0.25) is 20.0 Å². The van der Waals surface area contributed by atoms with E-state index in [-0.39, 0.29) is 20.9 Å². The summed E-state index contributed by atoms with van der Waals surface area (Å²) in [6.07, 6.45) is 1.28. The van der Waals surface area contributed by atoms with Crippen molar-refractivity contribution in [2.45, 2.75) is 35.7 Å². The number of aromatic nitrogens is 2. The minimum absolute atomic E-state index is 0.117. The highest BCUT2D eigenvalue weighted by Gasteiger charge is 2.30. The maximum Gasteiger partial charge on any atom is 0.257 e. The van der Waals surface area contributed by atoms with Crippen molar-refractivity contribution in [3.63, 3.8) is 0 Å². The van der Waals surface area contributed by atoms with Gasteiger partial charge in [0.15, 0.2) is 10.3 Å². The zero-order valence-corrected chi connectivity index (χ0v) is 31.8. The van der Waals surface area contributed by atoms with Crippen LogP contribution in [-0.4, -0.2) is 60.3 Å². The molecule has 2 aliphatic heterocycles. The molecule has 0 saturated carbocycles. The second-order valence-corrected chi connectivity index (χ2v) is 18.3. The maximum atomic E-state index is 13.3. The van der Waals surface area contributed by atoms with Gasteiger partial charge in [-0.3, -0.25) is 20.2 Å². The number of hydrogen-bond acceptors (Lipinski definition) is 10. The molecule has 0 unspecified atom stereocenters. The number of amides is 2. The number of thiazole rings is 2. The Labute approximate surface area is 320 Å². The van der Waals surface area contributed by atoms with Crippen LogP contribution in [0.4, 0.5) is 10.3 Å². The lowest BCUT2D eigenvalue weighted by Crippen LogP contribution is -2.35. The number of carbonyl (C=O) groups excluding carboxylic acids is 2. The highest BCUT2D eigenvalue weighted by molar-refractivity contribution is 7.89. The molecule has 16 heteroatoms. The summed E-state index contributed by atoms with van der Waals surface area (Å²) >= 11 is 2.39. The van der Waals surface area contributed by atoms with Gasteiger partial charge in [-0.25, -0.2) is 26.8 Å². The molecule has 274 valence electrons. The van der Waals surface area contributed by atoms with E-state index in [0.29, 0.717) is 60.7 Å². The molecule has 12 nitrogen and oxygen atoms in total. The van der Waals surface area contributed by atoms with Gasteiger partial charge in [0.05, 0.1) is 9.79 Å². The minimum atomic E-state index is -3.74. The van der Waals surface area contributed by atoms with E-state index < -0.39 is 31.9 Å². The molecular weight excluding hydrogens is 765 g/mol. The van der Waals surface area contributed by atoms with Gasteiger partial charge in [-0.15, -0.1) is 22.7 Å². The van der Waals surface area contributed by atoms with E-state index in [1.165, 1.54) is 79.8 Å². The summed E-state index contributed by atoms with van der Waals surface area (Å²) < 4.78 is 56.2. The third-order valence-corrected chi connectivity index (χ3v) is 14.6. The number of nitrogens with one attached hydrogen (secondary N) is 2. The molecule has 6 aromatic rings. The molecule has 0 spiro atoms. The van der Waals surface area contributed by atoms with Gasteiger partial charge in [-0.2, -0.15) is 8.61 Å². The molecule has 0 fully saturated rings. The Kier molecular flexibility index (Phi) is 9.72. The van der Waals surface area contributed by atoms with Gasteiger partial charge in [-0.1, -0.05) is 48.5 Å². The predicted octanol–water partition coefficient (Wildman–Crippen LogP) is 6.27. The third kappa shape index (κ3) is 7.23. The van der Waals surface area contributed by atoms with E-state index >= 15 is 0 Å². The van der Waals surface area contributed by atoms with Crippen LogP contribution in [0.25, 0.3) is 11.4 Å². The van der Waals surface area contributed by atoms with Crippen LogP contribution < -0.4 is 10.6 Å². The van der Waals surface area contributed by atoms with Crippen LogP contribution in [0.3, 0.4) is 0 Å². The van der Waals surface area contributed by atoms with Crippen LogP contribution in [0.5, 0.6) is 0 Å². The first kappa shape index (κ1) is 35.9. The fourth-order valence-corrected chi connectivity index (χ4v) is 10.7. The molecule has 2 N–H and O–H groups in total. The highest BCUT2D eigenvalue weighted by atomic mass is 32.2. The first-order chi connectivity index (χ1) is 26.0. The zero-order chi connectivity index (χ0) is 37.5. The van der Waals surface area contributed by atoms with E-state index in [1.807, 2.05) is 48.5 Å². The second-order valence-electron chi connectivity index (χ2n) is 12.7. The summed E-state index contributed by atoms with van der Waals surface area (Å²) in [5.74, 6) is -0.892. The Bertz CT molecular complexity index is 2420. The SMILES string of the molecule is O=C(Nc1nc(-c2csc(NC(=O)c3ccc(S(=O)(=O)N4CCc5ccccc5C4)cc3)n2)cs1)c1ccc(S(=O)(=O)N2CCc3ccccc3C2)cc1. The molecule has 0 aliphatic carbocycles. The number of sulfonamides is 2. The summed E-state index contributed by atoms with van der Waals surface area (Å²) in [6, 6.07) is 27.3. The van der Waals surface area contributed by atoms with Crippen molar-refractivity contribution in [1.29, 1.82) is 0 Å². The number of fused-ring (bicyclic) bond motifs is 2. The maximum absolute atomic E-state index is 13.3. The van der Waals surface area contributed by atoms with Crippen molar-refractivity contribution in [3.8, 4) is 11.4 Å². The van der Waals surface area contributed by atoms with Gasteiger partial charge in [0.25, 0.3) is 11.8 Å². The molecule has 0 radical (unpaired) electrons. The van der Waals surface area contributed by atoms with E-state index in [1.54, 1.807) is 10.8 Å². The smallest absolute Gasteiger partial charge is 0.257 e. The monoisotopic (exact) mass is 796 g/mol. The first-order valence-electron chi connectivity index (χ1n) is 16.9. The second kappa shape index (κ2) is 14.6. The molecule has 2 aromatic heterocycles. The molecule has 8 rings (SSSR count). The lowest BCUT2D eigenvalue weighted by atomic mass is 10.0. The summed E-state index contributed by atoms with van der Waals surface area (Å²) in [5.41, 5.74) is 5.81. The fourth-order valence-electron chi connectivity index (χ4n) is 6.44. The predicted molar refractivity (Wildman–Crippen MR) is 207 cm³/mol. The largest absolute Gasteiger partial charge is 0.298 e. The molecule has 0 bridgehead atoms. The highest BCUT2D eigenvalue weighted by Crippen LogP contribution is 2.30. The summed E-state index contributed by atoms with van der Waals surface area (Å²) in [7, 11) is -7.48. The Hall–Kier alpha value is -5.10. The van der Waals surface area contributed by atoms with Crippen LogP contribution in [0.1, 0.15) is 43.0 Å². The molecule has 0 atom stereocenters. The number of anilines is 2. The lowest BCUT2D eigenvalue weighted by Gasteiger charge is -2.28. The molecule has 4 aromatic carbocycles. The third-order valence-electron chi connectivity index (χ3n) is 9.41. The Morgan fingerprint density at radius 3 is 1.30 bits per heavy atom. The van der Waals surface area contributed by atoms with E-state index in [2.05, 4.69) is 20.6 Å². The van der Waals surface area contributed by atoms with E-state index in [0.717, 1.165) is 22.3 Å². The number of benzene rings is 4. The Balaban J connectivity index is 0.865. The van der Waals surface area contributed by atoms with Crippen molar-refractivity contribution >= 4 is 64.8 Å². The number of carbonyl (C=O) groups is 2. The molecule has 2 aliphatic rings. The van der Waals surface area contributed by atoms with Crippen LogP contribution in [-0.2, 0) is 46.0 Å². The summed E-state index contributed by atoms with van der Waals surface area (Å²) in [5, 5.41) is 9.59. The Morgan fingerprint density at radius 1 is 0.537 bits per heavy atom. The Morgan fingerprint density at radius 2 is 0.907 bits per heavy atom. The molecule has 4 heterocycles. The average Bonchev–Trinajstić information content (AvgIpc) is 3.87. The summed E-state index contributed by atoms with van der Waals surface area (Å²) in [6.45, 7) is 1.38. The first-order valence-corrected chi connectivity index (χ1v) is 21.6. The van der Waals surface area contributed by atoms with Crippen LogP contribution in [0, 0.1) is 0 Å². The molecular formula is C38H32N6O6S4. The van der Waals surface area contributed by atoms with Crippen molar-refractivity contribution in [2.75, 3.05) is 23.7 Å². The molecule has 2 amide bonds.